The van der Waals surface area contributed by atoms with Gasteiger partial charge in [-0.2, -0.15) is 0 Å². The van der Waals surface area contributed by atoms with E-state index in [1.165, 1.54) is 6.92 Å². The summed E-state index contributed by atoms with van der Waals surface area (Å²) in [4.78, 5) is 21.5. The van der Waals surface area contributed by atoms with Gasteiger partial charge in [-0.3, -0.25) is 9.59 Å². The van der Waals surface area contributed by atoms with Gasteiger partial charge in [0.05, 0.1) is 6.26 Å². The number of nitrogens with one attached hydrogen (secondary N) is 1. The Hall–Kier alpha value is -1.78. The van der Waals surface area contributed by atoms with Gasteiger partial charge in [-0.05, 0) is 25.0 Å². The fourth-order valence-corrected chi connectivity index (χ4v) is 1.65. The molecule has 17 heavy (non-hydrogen) atoms. The smallest absolute Gasteiger partial charge is 0.303 e. The van der Waals surface area contributed by atoms with Gasteiger partial charge < -0.3 is 14.8 Å². The standard InChI is InChI=1S/C12H17NO4/c1-8-5-6-17-11(8)7-10(13-9(2)14)3-4-12(15)16/h5-6,10H,3-4,7H2,1-2H3,(H,13,14)(H,15,16). The van der Waals surface area contributed by atoms with Crippen LogP contribution < -0.4 is 5.32 Å². The van der Waals surface area contributed by atoms with Crippen LogP contribution in [-0.2, 0) is 16.0 Å². The molecule has 1 unspecified atom stereocenters. The van der Waals surface area contributed by atoms with Gasteiger partial charge >= 0.3 is 5.97 Å². The predicted molar refractivity (Wildman–Crippen MR) is 61.6 cm³/mol. The summed E-state index contributed by atoms with van der Waals surface area (Å²) in [6, 6.07) is 1.64. The van der Waals surface area contributed by atoms with Crippen LogP contribution in [0.3, 0.4) is 0 Å². The molecule has 1 aromatic rings. The maximum absolute atomic E-state index is 11.0. The van der Waals surface area contributed by atoms with Crippen molar-refractivity contribution in [2.24, 2.45) is 0 Å². The monoisotopic (exact) mass is 239 g/mol. The van der Waals surface area contributed by atoms with E-state index in [4.69, 9.17) is 9.52 Å². The number of aliphatic carboxylic acids is 1. The second-order valence-corrected chi connectivity index (χ2v) is 4.06. The van der Waals surface area contributed by atoms with Crippen molar-refractivity contribution in [3.05, 3.63) is 23.7 Å². The van der Waals surface area contributed by atoms with Crippen molar-refractivity contribution in [2.75, 3.05) is 0 Å². The lowest BCUT2D eigenvalue weighted by Gasteiger charge is -2.16. The molecule has 0 aliphatic carbocycles. The lowest BCUT2D eigenvalue weighted by atomic mass is 10.0. The summed E-state index contributed by atoms with van der Waals surface area (Å²) in [5.74, 6) is -0.241. The van der Waals surface area contributed by atoms with E-state index in [2.05, 4.69) is 5.32 Å². The topological polar surface area (TPSA) is 79.5 Å². The zero-order valence-corrected chi connectivity index (χ0v) is 10.0. The van der Waals surface area contributed by atoms with Crippen LogP contribution >= 0.6 is 0 Å². The van der Waals surface area contributed by atoms with E-state index in [0.29, 0.717) is 12.8 Å². The number of furan rings is 1. The van der Waals surface area contributed by atoms with Gasteiger partial charge in [-0.15, -0.1) is 0 Å². The lowest BCUT2D eigenvalue weighted by molar-refractivity contribution is -0.137. The Bertz CT molecular complexity index is 397. The SMILES string of the molecule is CC(=O)NC(CCC(=O)O)Cc1occc1C. The Balaban J connectivity index is 2.59. The number of carbonyl (C=O) groups is 2. The summed E-state index contributed by atoms with van der Waals surface area (Å²) in [6.07, 6.45) is 2.54. The highest BCUT2D eigenvalue weighted by molar-refractivity contribution is 5.73. The summed E-state index contributed by atoms with van der Waals surface area (Å²) >= 11 is 0. The molecule has 0 aromatic carbocycles. The van der Waals surface area contributed by atoms with Crippen LogP contribution in [0.25, 0.3) is 0 Å². The van der Waals surface area contributed by atoms with E-state index in [1.807, 2.05) is 13.0 Å². The first-order chi connectivity index (χ1) is 7.99. The van der Waals surface area contributed by atoms with Crippen molar-refractivity contribution >= 4 is 11.9 Å². The van der Waals surface area contributed by atoms with Gasteiger partial charge in [-0.25, -0.2) is 0 Å². The van der Waals surface area contributed by atoms with Crippen LogP contribution in [0.1, 0.15) is 31.1 Å². The van der Waals surface area contributed by atoms with Gasteiger partial charge in [0.2, 0.25) is 5.91 Å². The number of hydrogen-bond donors (Lipinski definition) is 2. The Morgan fingerprint density at radius 3 is 2.71 bits per heavy atom. The number of carboxylic acid groups (broad SMARTS) is 1. The van der Waals surface area contributed by atoms with E-state index in [9.17, 15) is 9.59 Å². The summed E-state index contributed by atoms with van der Waals surface area (Å²) in [6.45, 7) is 3.34. The molecule has 1 amide bonds. The van der Waals surface area contributed by atoms with E-state index in [0.717, 1.165) is 11.3 Å². The van der Waals surface area contributed by atoms with Crippen molar-refractivity contribution in [1.29, 1.82) is 0 Å². The number of amides is 1. The Labute approximate surface area is 99.8 Å². The fourth-order valence-electron chi connectivity index (χ4n) is 1.65. The molecule has 0 saturated heterocycles. The maximum Gasteiger partial charge on any atom is 0.303 e. The third kappa shape index (κ3) is 4.72. The molecule has 0 fully saturated rings. The van der Waals surface area contributed by atoms with Crippen molar-refractivity contribution in [1.82, 2.24) is 5.32 Å². The van der Waals surface area contributed by atoms with Gasteiger partial charge in [0.1, 0.15) is 5.76 Å². The Morgan fingerprint density at radius 1 is 1.53 bits per heavy atom. The first-order valence-corrected chi connectivity index (χ1v) is 5.51. The molecule has 1 aromatic heterocycles. The highest BCUT2D eigenvalue weighted by Crippen LogP contribution is 2.13. The summed E-state index contributed by atoms with van der Waals surface area (Å²) in [5.41, 5.74) is 1.01. The third-order valence-electron chi connectivity index (χ3n) is 2.51. The number of carbonyl (C=O) groups excluding carboxylic acids is 1. The van der Waals surface area contributed by atoms with Crippen LogP contribution in [0, 0.1) is 6.92 Å². The van der Waals surface area contributed by atoms with E-state index in [-0.39, 0.29) is 18.4 Å². The van der Waals surface area contributed by atoms with Gasteiger partial charge in [0, 0.05) is 25.8 Å². The summed E-state index contributed by atoms with van der Waals surface area (Å²) < 4.78 is 5.28. The number of carboxylic acids is 1. The van der Waals surface area contributed by atoms with E-state index in [1.54, 1.807) is 6.26 Å². The largest absolute Gasteiger partial charge is 0.481 e. The minimum Gasteiger partial charge on any atom is -0.481 e. The van der Waals surface area contributed by atoms with Crippen LogP contribution in [-0.4, -0.2) is 23.0 Å². The summed E-state index contributed by atoms with van der Waals surface area (Å²) in [7, 11) is 0. The highest BCUT2D eigenvalue weighted by atomic mass is 16.4. The third-order valence-corrected chi connectivity index (χ3v) is 2.51. The quantitative estimate of drug-likeness (QED) is 0.788. The number of rotatable bonds is 6. The van der Waals surface area contributed by atoms with Crippen molar-refractivity contribution in [3.63, 3.8) is 0 Å². The molecule has 1 heterocycles. The minimum absolute atomic E-state index is 0.0324. The molecule has 0 bridgehead atoms. The molecule has 0 radical (unpaired) electrons. The van der Waals surface area contributed by atoms with Crippen molar-refractivity contribution in [2.45, 2.75) is 39.2 Å². The maximum atomic E-state index is 11.0. The molecule has 5 heteroatoms. The predicted octanol–water partition coefficient (Wildman–Crippen LogP) is 1.50. The van der Waals surface area contributed by atoms with Crippen LogP contribution in [0.15, 0.2) is 16.7 Å². The van der Waals surface area contributed by atoms with Gasteiger partial charge in [-0.1, -0.05) is 0 Å². The normalized spacial score (nSPS) is 12.1. The fraction of sp³-hybridized carbons (Fsp3) is 0.500. The second-order valence-electron chi connectivity index (χ2n) is 4.06. The van der Waals surface area contributed by atoms with Crippen molar-refractivity contribution < 1.29 is 19.1 Å². The Morgan fingerprint density at radius 2 is 2.24 bits per heavy atom. The Kier molecular flexibility index (Phi) is 4.75. The first-order valence-electron chi connectivity index (χ1n) is 5.51. The first kappa shape index (κ1) is 13.3. The molecule has 1 rings (SSSR count). The lowest BCUT2D eigenvalue weighted by Crippen LogP contribution is -2.35. The molecule has 0 aliphatic rings. The molecule has 0 saturated carbocycles. The molecular formula is C12H17NO4. The summed E-state index contributed by atoms with van der Waals surface area (Å²) in [5, 5.41) is 11.4. The molecule has 94 valence electrons. The van der Waals surface area contributed by atoms with E-state index < -0.39 is 5.97 Å². The van der Waals surface area contributed by atoms with Crippen LogP contribution in [0.2, 0.25) is 0 Å². The molecule has 5 nitrogen and oxygen atoms in total. The highest BCUT2D eigenvalue weighted by Gasteiger charge is 2.15. The minimum atomic E-state index is -0.864. The second kappa shape index (κ2) is 6.08. The zero-order valence-electron chi connectivity index (χ0n) is 10.0. The van der Waals surface area contributed by atoms with Crippen molar-refractivity contribution in [3.8, 4) is 0 Å². The number of hydrogen-bond acceptors (Lipinski definition) is 3. The molecule has 2 N–H and O–H groups in total. The molecular weight excluding hydrogens is 222 g/mol. The molecule has 0 spiro atoms. The molecule has 1 atom stereocenters. The van der Waals surface area contributed by atoms with Crippen LogP contribution in [0.4, 0.5) is 0 Å². The van der Waals surface area contributed by atoms with Gasteiger partial charge in [0.15, 0.2) is 0 Å². The van der Waals surface area contributed by atoms with Gasteiger partial charge in [0.25, 0.3) is 0 Å². The van der Waals surface area contributed by atoms with E-state index >= 15 is 0 Å². The molecule has 0 aliphatic heterocycles. The zero-order chi connectivity index (χ0) is 12.8. The number of aryl methyl sites for hydroxylation is 1. The average molecular weight is 239 g/mol. The average Bonchev–Trinajstić information content (AvgIpc) is 2.60. The van der Waals surface area contributed by atoms with Crippen LogP contribution in [0.5, 0.6) is 0 Å².